The Morgan fingerprint density at radius 3 is 2.53 bits per heavy atom. The number of hydrogen-bond acceptors (Lipinski definition) is 6. The maximum atomic E-state index is 12.7. The molecule has 0 saturated carbocycles. The maximum Gasteiger partial charge on any atom is 0.243 e. The van der Waals surface area contributed by atoms with Crippen LogP contribution in [0.5, 0.6) is 0 Å². The summed E-state index contributed by atoms with van der Waals surface area (Å²) in [6.07, 6.45) is 1.75. The van der Waals surface area contributed by atoms with Crippen LogP contribution in [0.3, 0.4) is 0 Å². The number of sulfonamides is 1. The van der Waals surface area contributed by atoms with Crippen molar-refractivity contribution in [2.75, 3.05) is 24.2 Å². The van der Waals surface area contributed by atoms with Gasteiger partial charge in [-0.1, -0.05) is 47.7 Å². The van der Waals surface area contributed by atoms with Crippen molar-refractivity contribution in [3.63, 3.8) is 0 Å². The Morgan fingerprint density at radius 2 is 1.81 bits per heavy atom. The topological polar surface area (TPSA) is 97.2 Å². The van der Waals surface area contributed by atoms with Crippen molar-refractivity contribution in [3.8, 4) is 11.4 Å². The largest absolute Gasteiger partial charge is 0.325 e. The lowest BCUT2D eigenvalue weighted by atomic mass is 10.1. The van der Waals surface area contributed by atoms with E-state index in [4.69, 9.17) is 0 Å². The van der Waals surface area contributed by atoms with Crippen LogP contribution in [0.25, 0.3) is 11.4 Å². The first-order valence-electron chi connectivity index (χ1n) is 10.3. The zero-order valence-corrected chi connectivity index (χ0v) is 19.6. The van der Waals surface area contributed by atoms with Crippen LogP contribution in [-0.2, 0) is 21.9 Å². The number of hydrogen-bond donors (Lipinski definition) is 1. The second-order valence-electron chi connectivity index (χ2n) is 7.71. The molecule has 32 heavy (non-hydrogen) atoms. The van der Waals surface area contributed by atoms with Crippen molar-refractivity contribution < 1.29 is 13.2 Å². The molecule has 0 radical (unpaired) electrons. The van der Waals surface area contributed by atoms with E-state index in [2.05, 4.69) is 15.5 Å². The summed E-state index contributed by atoms with van der Waals surface area (Å²) in [5.41, 5.74) is 2.58. The summed E-state index contributed by atoms with van der Waals surface area (Å²) in [5, 5.41) is 11.8. The molecule has 1 fully saturated rings. The summed E-state index contributed by atoms with van der Waals surface area (Å²) in [6, 6.07) is 14.4. The first-order valence-corrected chi connectivity index (χ1v) is 12.8. The van der Waals surface area contributed by atoms with Crippen LogP contribution in [0.15, 0.2) is 58.6 Å². The average Bonchev–Trinajstić information content (AvgIpc) is 3.44. The molecule has 1 aliphatic rings. The molecular formula is C22H25N5O3S2. The number of amides is 1. The highest BCUT2D eigenvalue weighted by atomic mass is 32.2. The highest BCUT2D eigenvalue weighted by Gasteiger charge is 2.27. The number of nitrogens with one attached hydrogen (secondary N) is 1. The summed E-state index contributed by atoms with van der Waals surface area (Å²) < 4.78 is 28.8. The fraction of sp³-hybridized carbons (Fsp3) is 0.318. The minimum Gasteiger partial charge on any atom is -0.325 e. The Bertz CT molecular complexity index is 1220. The quantitative estimate of drug-likeness (QED) is 0.531. The van der Waals surface area contributed by atoms with Crippen LogP contribution in [0.4, 0.5) is 5.69 Å². The van der Waals surface area contributed by atoms with E-state index >= 15 is 0 Å². The van der Waals surface area contributed by atoms with Crippen LogP contribution in [0.2, 0.25) is 0 Å². The van der Waals surface area contributed by atoms with E-state index in [1.165, 1.54) is 27.7 Å². The molecule has 1 aromatic heterocycles. The molecule has 0 unspecified atom stereocenters. The van der Waals surface area contributed by atoms with Gasteiger partial charge in [0.2, 0.25) is 15.9 Å². The molecule has 10 heteroatoms. The normalized spacial score (nSPS) is 14.6. The maximum absolute atomic E-state index is 12.7. The molecule has 8 nitrogen and oxygen atoms in total. The Hall–Kier alpha value is -2.69. The van der Waals surface area contributed by atoms with Crippen molar-refractivity contribution in [2.45, 2.75) is 29.8 Å². The predicted octanol–water partition coefficient (Wildman–Crippen LogP) is 3.31. The molecule has 1 aliphatic heterocycles. The molecule has 3 aromatic rings. The molecule has 1 N–H and O–H groups in total. The Morgan fingerprint density at radius 1 is 1.09 bits per heavy atom. The fourth-order valence-corrected chi connectivity index (χ4v) is 5.81. The number of aryl methyl sites for hydroxylation is 1. The standard InChI is InChI=1S/C22H25N5O3S2/c1-16-8-10-17(11-9-16)21-24-25-22(26(21)2)31-15-20(28)23-18-6-5-7-19(14-18)32(29,30)27-12-3-4-13-27/h5-11,14H,3-4,12-13,15H2,1-2H3,(H,23,28). The van der Waals surface area contributed by atoms with Gasteiger partial charge in [0, 0.05) is 31.4 Å². The lowest BCUT2D eigenvalue weighted by Gasteiger charge is -2.16. The molecule has 168 valence electrons. The van der Waals surface area contributed by atoms with Gasteiger partial charge >= 0.3 is 0 Å². The third kappa shape index (κ3) is 4.87. The molecule has 2 aromatic carbocycles. The minimum absolute atomic E-state index is 0.128. The highest BCUT2D eigenvalue weighted by molar-refractivity contribution is 7.99. The molecule has 0 spiro atoms. The van der Waals surface area contributed by atoms with Crippen molar-refractivity contribution in [3.05, 3.63) is 54.1 Å². The Kier molecular flexibility index (Phi) is 6.63. The predicted molar refractivity (Wildman–Crippen MR) is 125 cm³/mol. The molecule has 0 aliphatic carbocycles. The number of thioether (sulfide) groups is 1. The van der Waals surface area contributed by atoms with Gasteiger partial charge in [-0.05, 0) is 38.0 Å². The van der Waals surface area contributed by atoms with Gasteiger partial charge < -0.3 is 9.88 Å². The van der Waals surface area contributed by atoms with E-state index < -0.39 is 10.0 Å². The van der Waals surface area contributed by atoms with E-state index in [1.807, 2.05) is 42.8 Å². The van der Waals surface area contributed by atoms with E-state index in [1.54, 1.807) is 18.2 Å². The number of carbonyl (C=O) groups excluding carboxylic acids is 1. The van der Waals surface area contributed by atoms with Gasteiger partial charge in [0.15, 0.2) is 11.0 Å². The average molecular weight is 472 g/mol. The second kappa shape index (κ2) is 9.43. The molecule has 2 heterocycles. The Labute approximate surface area is 192 Å². The van der Waals surface area contributed by atoms with Gasteiger partial charge in [0.1, 0.15) is 0 Å². The van der Waals surface area contributed by atoms with Crippen molar-refractivity contribution in [1.82, 2.24) is 19.1 Å². The number of carbonyl (C=O) groups is 1. The van der Waals surface area contributed by atoms with E-state index in [-0.39, 0.29) is 16.6 Å². The van der Waals surface area contributed by atoms with Gasteiger partial charge in [0.05, 0.1) is 10.6 Å². The van der Waals surface area contributed by atoms with Gasteiger partial charge in [-0.2, -0.15) is 4.31 Å². The first-order chi connectivity index (χ1) is 15.3. The number of anilines is 1. The summed E-state index contributed by atoms with van der Waals surface area (Å²) in [4.78, 5) is 12.7. The first kappa shape index (κ1) is 22.5. The van der Waals surface area contributed by atoms with Crippen molar-refractivity contribution in [1.29, 1.82) is 0 Å². The SMILES string of the molecule is Cc1ccc(-c2nnc(SCC(=O)Nc3cccc(S(=O)(=O)N4CCCC4)c3)n2C)cc1. The van der Waals surface area contributed by atoms with Crippen LogP contribution in [0, 0.1) is 6.92 Å². The van der Waals surface area contributed by atoms with Crippen molar-refractivity contribution in [2.24, 2.45) is 7.05 Å². The zero-order chi connectivity index (χ0) is 22.7. The lowest BCUT2D eigenvalue weighted by Crippen LogP contribution is -2.28. The summed E-state index contributed by atoms with van der Waals surface area (Å²) in [6.45, 7) is 3.10. The van der Waals surface area contributed by atoms with Crippen LogP contribution in [0.1, 0.15) is 18.4 Å². The fourth-order valence-electron chi connectivity index (χ4n) is 3.53. The third-order valence-corrected chi connectivity index (χ3v) is 8.21. The van der Waals surface area contributed by atoms with Crippen LogP contribution in [-0.4, -0.2) is 52.2 Å². The molecular weight excluding hydrogens is 446 g/mol. The number of nitrogens with zero attached hydrogens (tertiary/aromatic N) is 4. The van der Waals surface area contributed by atoms with Crippen LogP contribution >= 0.6 is 11.8 Å². The molecule has 0 bridgehead atoms. The molecule has 4 rings (SSSR count). The number of rotatable bonds is 7. The number of benzene rings is 2. The molecule has 1 saturated heterocycles. The highest BCUT2D eigenvalue weighted by Crippen LogP contribution is 2.25. The van der Waals surface area contributed by atoms with Crippen LogP contribution < -0.4 is 5.32 Å². The van der Waals surface area contributed by atoms with Gasteiger partial charge in [-0.15, -0.1) is 10.2 Å². The van der Waals surface area contributed by atoms with Gasteiger partial charge in [-0.3, -0.25) is 4.79 Å². The van der Waals surface area contributed by atoms with Gasteiger partial charge in [-0.25, -0.2) is 8.42 Å². The smallest absolute Gasteiger partial charge is 0.243 e. The minimum atomic E-state index is -3.53. The van der Waals surface area contributed by atoms with Gasteiger partial charge in [0.25, 0.3) is 0 Å². The molecule has 0 atom stereocenters. The number of aromatic nitrogens is 3. The zero-order valence-electron chi connectivity index (χ0n) is 18.0. The third-order valence-electron chi connectivity index (χ3n) is 5.30. The summed E-state index contributed by atoms with van der Waals surface area (Å²) in [7, 11) is -1.67. The van der Waals surface area contributed by atoms with E-state index in [0.717, 1.165) is 24.2 Å². The second-order valence-corrected chi connectivity index (χ2v) is 10.6. The summed E-state index contributed by atoms with van der Waals surface area (Å²) in [5.74, 6) is 0.613. The van der Waals surface area contributed by atoms with E-state index in [9.17, 15) is 13.2 Å². The monoisotopic (exact) mass is 471 g/mol. The molecule has 1 amide bonds. The lowest BCUT2D eigenvalue weighted by molar-refractivity contribution is -0.113. The summed E-state index contributed by atoms with van der Waals surface area (Å²) >= 11 is 1.27. The van der Waals surface area contributed by atoms with E-state index in [0.29, 0.717) is 23.9 Å². The van der Waals surface area contributed by atoms with Crippen molar-refractivity contribution >= 4 is 33.4 Å². The Balaban J connectivity index is 1.39.